The molecule has 0 amide bonds. The fraction of sp³-hybridized carbons (Fsp3) is 0. The Balaban J connectivity index is 0.000000145. The normalized spacial score (nSPS) is 11.4. The number of thiophene rings is 2. The van der Waals surface area contributed by atoms with E-state index in [0.717, 1.165) is 111 Å². The van der Waals surface area contributed by atoms with Gasteiger partial charge in [-0.05, 0) is 87.0 Å². The van der Waals surface area contributed by atoms with Crippen LogP contribution < -0.4 is 0 Å². The SMILES string of the molecule is c1ccc(-c2ccc(-c3nc(-c4ccccc4)nc(-c4ccc(-c5cccc(-c6nc7cnccc7c7c6sc6ccccc67)c5)cc4)n3)cc2)cc1.c1ccc(-c2ccc(-c3nc(-c4ccccc4)nc(-c4ccc(-c5cccc(-c6nc7ncccc7c7c6sc6ccccc67)c5)cc4)n3)cc2)cc1. The van der Waals surface area contributed by atoms with Gasteiger partial charge in [0.2, 0.25) is 0 Å². The maximum Gasteiger partial charge on any atom is 0.164 e. The van der Waals surface area contributed by atoms with E-state index in [0.29, 0.717) is 34.9 Å². The van der Waals surface area contributed by atoms with E-state index in [-0.39, 0.29) is 0 Å². The summed E-state index contributed by atoms with van der Waals surface area (Å²) in [5.41, 5.74) is 20.3. The van der Waals surface area contributed by atoms with Crippen molar-refractivity contribution in [3.8, 4) is 135 Å². The van der Waals surface area contributed by atoms with Crippen LogP contribution in [0.25, 0.3) is 198 Å². The first-order chi connectivity index (χ1) is 52.5. The highest BCUT2D eigenvalue weighted by atomic mass is 32.1. The minimum atomic E-state index is 0.626. The molecular weight excluding hydrogens is 1330 g/mol. The van der Waals surface area contributed by atoms with Gasteiger partial charge in [-0.15, -0.1) is 22.7 Å². The highest BCUT2D eigenvalue weighted by Gasteiger charge is 2.21. The first-order valence-corrected chi connectivity index (χ1v) is 36.6. The van der Waals surface area contributed by atoms with Crippen molar-refractivity contribution in [2.75, 3.05) is 0 Å². The molecule has 12 heteroatoms. The lowest BCUT2D eigenvalue weighted by Crippen LogP contribution is -2.00. The molecule has 8 heterocycles. The molecule has 0 atom stereocenters. The second-order valence-corrected chi connectivity index (χ2v) is 27.9. The summed E-state index contributed by atoms with van der Waals surface area (Å²) in [4.78, 5) is 49.1. The number of pyridine rings is 4. The summed E-state index contributed by atoms with van der Waals surface area (Å²) in [6, 6.07) is 115. The number of aromatic nitrogens is 10. The van der Waals surface area contributed by atoms with E-state index in [2.05, 4.69) is 265 Å². The topological polar surface area (TPSA) is 129 Å². The third-order valence-corrected chi connectivity index (χ3v) is 21.6. The van der Waals surface area contributed by atoms with Gasteiger partial charge in [0.15, 0.2) is 40.6 Å². The molecule has 0 radical (unpaired) electrons. The van der Waals surface area contributed by atoms with Gasteiger partial charge in [-0.1, -0.05) is 291 Å². The van der Waals surface area contributed by atoms with Crippen LogP contribution in [-0.2, 0) is 0 Å². The molecule has 0 bridgehead atoms. The van der Waals surface area contributed by atoms with Crippen LogP contribution in [0.1, 0.15) is 0 Å². The largest absolute Gasteiger partial charge is 0.262 e. The van der Waals surface area contributed by atoms with Gasteiger partial charge in [-0.2, -0.15) is 0 Å². The van der Waals surface area contributed by atoms with Crippen LogP contribution in [0.4, 0.5) is 0 Å². The quantitative estimate of drug-likeness (QED) is 0.117. The Bertz CT molecular complexity index is 6250. The van der Waals surface area contributed by atoms with E-state index in [9.17, 15) is 0 Å². The maximum atomic E-state index is 5.17. The van der Waals surface area contributed by atoms with Crippen molar-refractivity contribution in [2.24, 2.45) is 0 Å². The standard InChI is InChI=1S/2C47H29N5S/c1-3-11-30(12-4-1)31-20-24-34(25-21-31)45-50-44(33-13-5-2-6-14-33)51-46(52-45)35-26-22-32(23-27-35)36-15-9-16-37(29-36)42-43-41(38-17-7-8-19-40(38)53-43)39-18-10-28-48-47(39)49-42;1-3-10-30(11-4-1)31-18-22-34(23-19-31)46-50-45(33-12-5-2-6-13-33)51-47(52-46)35-24-20-32(21-25-35)36-14-9-15-37(28-36)43-44-42(38-26-27-48-29-40(38)49-43)39-16-7-8-17-41(39)53-44/h2*1-29H. The highest BCUT2D eigenvalue weighted by Crippen LogP contribution is 2.45. The molecule has 0 saturated carbocycles. The van der Waals surface area contributed by atoms with Crippen molar-refractivity contribution < 1.29 is 0 Å². The molecule has 10 nitrogen and oxygen atoms in total. The summed E-state index contributed by atoms with van der Waals surface area (Å²) in [7, 11) is 0. The fourth-order valence-corrected chi connectivity index (χ4v) is 16.4. The molecule has 496 valence electrons. The van der Waals surface area contributed by atoms with Crippen LogP contribution in [0.5, 0.6) is 0 Å². The zero-order chi connectivity index (χ0) is 70.3. The molecule has 0 unspecified atom stereocenters. The van der Waals surface area contributed by atoms with Gasteiger partial charge in [0.1, 0.15) is 0 Å². The number of benzene rings is 12. The first kappa shape index (κ1) is 63.2. The van der Waals surface area contributed by atoms with Gasteiger partial charge >= 0.3 is 0 Å². The Hall–Kier alpha value is -13.8. The first-order valence-electron chi connectivity index (χ1n) is 35.0. The zero-order valence-electron chi connectivity index (χ0n) is 56.8. The van der Waals surface area contributed by atoms with Gasteiger partial charge in [0, 0.05) is 98.6 Å². The summed E-state index contributed by atoms with van der Waals surface area (Å²) in [6.07, 6.45) is 5.53. The van der Waals surface area contributed by atoms with Gasteiger partial charge in [-0.3, -0.25) is 4.98 Å². The Kier molecular flexibility index (Phi) is 16.4. The number of nitrogens with zero attached hydrogens (tertiary/aromatic N) is 10. The van der Waals surface area contributed by atoms with E-state index in [1.54, 1.807) is 22.7 Å². The van der Waals surface area contributed by atoms with Crippen molar-refractivity contribution in [1.82, 2.24) is 49.8 Å². The van der Waals surface area contributed by atoms with Crippen LogP contribution in [-0.4, -0.2) is 49.8 Å². The molecule has 0 aliphatic rings. The van der Waals surface area contributed by atoms with Gasteiger partial charge < -0.3 is 0 Å². The van der Waals surface area contributed by atoms with Crippen LogP contribution in [0.2, 0.25) is 0 Å². The fourth-order valence-electron chi connectivity index (χ4n) is 13.9. The van der Waals surface area contributed by atoms with E-state index >= 15 is 0 Å². The van der Waals surface area contributed by atoms with E-state index < -0.39 is 0 Å². The minimum Gasteiger partial charge on any atom is -0.262 e. The molecule has 0 aliphatic heterocycles. The van der Waals surface area contributed by atoms with Crippen molar-refractivity contribution in [3.05, 3.63) is 352 Å². The second-order valence-electron chi connectivity index (χ2n) is 25.8. The van der Waals surface area contributed by atoms with Crippen LogP contribution in [0, 0.1) is 0 Å². The lowest BCUT2D eigenvalue weighted by Gasteiger charge is -2.11. The van der Waals surface area contributed by atoms with Crippen molar-refractivity contribution >= 4 is 85.0 Å². The van der Waals surface area contributed by atoms with Crippen molar-refractivity contribution in [2.45, 2.75) is 0 Å². The molecule has 0 spiro atoms. The summed E-state index contributed by atoms with van der Waals surface area (Å²) in [5.74, 6) is 3.80. The van der Waals surface area contributed by atoms with Crippen molar-refractivity contribution in [3.63, 3.8) is 0 Å². The third kappa shape index (κ3) is 12.2. The highest BCUT2D eigenvalue weighted by molar-refractivity contribution is 7.27. The summed E-state index contributed by atoms with van der Waals surface area (Å²) < 4.78 is 4.86. The summed E-state index contributed by atoms with van der Waals surface area (Å²) >= 11 is 3.58. The van der Waals surface area contributed by atoms with Gasteiger partial charge in [-0.25, -0.2) is 44.9 Å². The van der Waals surface area contributed by atoms with E-state index in [1.807, 2.05) is 97.5 Å². The van der Waals surface area contributed by atoms with Crippen LogP contribution >= 0.6 is 22.7 Å². The number of hydrogen-bond acceptors (Lipinski definition) is 12. The zero-order valence-corrected chi connectivity index (χ0v) is 58.4. The lowest BCUT2D eigenvalue weighted by molar-refractivity contribution is 1.07. The number of rotatable bonds is 12. The summed E-state index contributed by atoms with van der Waals surface area (Å²) in [5, 5.41) is 7.15. The third-order valence-electron chi connectivity index (χ3n) is 19.3. The predicted molar refractivity (Wildman–Crippen MR) is 437 cm³/mol. The molecule has 0 fully saturated rings. The van der Waals surface area contributed by atoms with E-state index in [1.165, 1.54) is 51.5 Å². The van der Waals surface area contributed by atoms with E-state index in [4.69, 9.17) is 39.9 Å². The monoisotopic (exact) mass is 1390 g/mol. The maximum absolute atomic E-state index is 5.17. The molecule has 20 aromatic rings. The lowest BCUT2D eigenvalue weighted by atomic mass is 9.99. The Morgan fingerprint density at radius 3 is 0.943 bits per heavy atom. The van der Waals surface area contributed by atoms with Crippen molar-refractivity contribution in [1.29, 1.82) is 0 Å². The Morgan fingerprint density at radius 2 is 0.519 bits per heavy atom. The second kappa shape index (κ2) is 27.5. The van der Waals surface area contributed by atoms with Gasteiger partial charge in [0.05, 0.1) is 32.5 Å². The van der Waals surface area contributed by atoms with Crippen LogP contribution in [0.15, 0.2) is 352 Å². The molecule has 106 heavy (non-hydrogen) atoms. The van der Waals surface area contributed by atoms with Crippen LogP contribution in [0.3, 0.4) is 0 Å². The molecule has 0 aliphatic carbocycles. The molecule has 0 saturated heterocycles. The average molecular weight is 1390 g/mol. The average Bonchev–Trinajstić information content (AvgIpc) is 1.68. The molecule has 20 rings (SSSR count). The number of fused-ring (bicyclic) bond motifs is 10. The molecule has 0 N–H and O–H groups in total. The Morgan fingerprint density at radius 1 is 0.208 bits per heavy atom. The molecule has 12 aromatic carbocycles. The smallest absolute Gasteiger partial charge is 0.164 e. The molecular formula is C94H58N10S2. The predicted octanol–water partition coefficient (Wildman–Crippen LogP) is 24.4. The number of hydrogen-bond donors (Lipinski definition) is 0. The molecule has 8 aromatic heterocycles. The van der Waals surface area contributed by atoms with Gasteiger partial charge in [0.25, 0.3) is 0 Å². The Labute approximate surface area is 618 Å². The minimum absolute atomic E-state index is 0.626. The summed E-state index contributed by atoms with van der Waals surface area (Å²) in [6.45, 7) is 0.